The summed E-state index contributed by atoms with van der Waals surface area (Å²) in [4.78, 5) is 49.0. The Morgan fingerprint density at radius 1 is 1.11 bits per heavy atom. The Labute approximate surface area is 223 Å². The highest BCUT2D eigenvalue weighted by molar-refractivity contribution is 8.14. The van der Waals surface area contributed by atoms with E-state index in [0.717, 1.165) is 30.6 Å². The minimum Gasteiger partial charge on any atom is -0.376 e. The minimum absolute atomic E-state index is 0.0513. The molecule has 0 unspecified atom stereocenters. The van der Waals surface area contributed by atoms with Gasteiger partial charge in [0.1, 0.15) is 17.7 Å². The molecule has 2 N–H and O–H groups in total. The molecule has 3 amide bonds. The van der Waals surface area contributed by atoms with E-state index in [1.807, 2.05) is 24.3 Å². The maximum Gasteiger partial charge on any atom is 0.259 e. The predicted octanol–water partition coefficient (Wildman–Crippen LogP) is 2.91. The monoisotopic (exact) mass is 537 g/mol. The number of para-hydroxylation sites is 1. The second kappa shape index (κ2) is 11.9. The number of carbonyl (C=O) groups excluding carboxylic acids is 3. The van der Waals surface area contributed by atoms with Crippen molar-refractivity contribution in [3.63, 3.8) is 0 Å². The van der Waals surface area contributed by atoms with Crippen LogP contribution in [-0.4, -0.2) is 64.7 Å². The number of amidine groups is 2. The summed E-state index contributed by atoms with van der Waals surface area (Å²) in [5.74, 6) is -0.407. The molecular weight excluding hydrogens is 509 g/mol. The van der Waals surface area contributed by atoms with Crippen LogP contribution >= 0.6 is 11.8 Å². The standard InChI is InChI=1S/C27H28FN5O4S/c28-18-9-7-17(8-10-18)14-29-23(34)12-11-22-26(36)33-25(31-22)20-5-1-2-6-21(20)32-27(33)38-16-24(35)30-15-19-4-3-13-37-19/h1-2,5-10,19,22H,3-4,11-16H2,(H,29,34)(H,30,35)/t19-,22+/m1/s1. The average molecular weight is 538 g/mol. The van der Waals surface area contributed by atoms with Gasteiger partial charge in [-0.2, -0.15) is 0 Å². The third-order valence-electron chi connectivity index (χ3n) is 6.48. The summed E-state index contributed by atoms with van der Waals surface area (Å²) < 4.78 is 18.6. The number of aliphatic imine (C=N–C) groups is 2. The number of hydrogen-bond acceptors (Lipinski definition) is 7. The summed E-state index contributed by atoms with van der Waals surface area (Å²) >= 11 is 1.18. The molecule has 2 atom stereocenters. The molecule has 38 heavy (non-hydrogen) atoms. The second-order valence-corrected chi connectivity index (χ2v) is 10.2. The van der Waals surface area contributed by atoms with E-state index in [1.54, 1.807) is 12.1 Å². The molecule has 198 valence electrons. The first-order valence-electron chi connectivity index (χ1n) is 12.6. The van der Waals surface area contributed by atoms with Gasteiger partial charge in [-0.3, -0.25) is 19.4 Å². The lowest BCUT2D eigenvalue weighted by molar-refractivity contribution is -0.125. The Kier molecular flexibility index (Phi) is 8.14. The molecular formula is C27H28FN5O4S. The third-order valence-corrected chi connectivity index (χ3v) is 7.42. The first kappa shape index (κ1) is 26.1. The van der Waals surface area contributed by atoms with Crippen molar-refractivity contribution in [2.75, 3.05) is 18.9 Å². The van der Waals surface area contributed by atoms with Crippen molar-refractivity contribution < 1.29 is 23.5 Å². The number of thioether (sulfide) groups is 1. The van der Waals surface area contributed by atoms with Gasteiger partial charge in [0.05, 0.1) is 17.5 Å². The van der Waals surface area contributed by atoms with Crippen LogP contribution in [0.2, 0.25) is 0 Å². The predicted molar refractivity (Wildman–Crippen MR) is 143 cm³/mol. The van der Waals surface area contributed by atoms with Gasteiger partial charge in [-0.05, 0) is 49.1 Å². The summed E-state index contributed by atoms with van der Waals surface area (Å²) in [5.41, 5.74) is 2.19. The molecule has 1 fully saturated rings. The zero-order valence-electron chi connectivity index (χ0n) is 20.7. The molecule has 0 aromatic heterocycles. The number of fused-ring (bicyclic) bond motifs is 3. The third kappa shape index (κ3) is 6.11. The first-order valence-corrected chi connectivity index (χ1v) is 13.6. The lowest BCUT2D eigenvalue weighted by Gasteiger charge is -2.25. The van der Waals surface area contributed by atoms with E-state index in [2.05, 4.69) is 20.6 Å². The molecule has 5 rings (SSSR count). The summed E-state index contributed by atoms with van der Waals surface area (Å²) in [7, 11) is 0. The molecule has 0 saturated carbocycles. The Morgan fingerprint density at radius 3 is 2.71 bits per heavy atom. The molecule has 0 bridgehead atoms. The largest absolute Gasteiger partial charge is 0.376 e. The van der Waals surface area contributed by atoms with Gasteiger partial charge in [0, 0.05) is 31.7 Å². The SMILES string of the molecule is O=C(CC[C@@H]1N=C2c3ccccc3N=C(SCC(=O)NC[C@H]3CCCO3)N2C1=O)NCc1ccc(F)cc1. The van der Waals surface area contributed by atoms with Gasteiger partial charge in [0.2, 0.25) is 11.8 Å². The molecule has 0 aliphatic carbocycles. The van der Waals surface area contributed by atoms with E-state index in [1.165, 1.54) is 28.8 Å². The van der Waals surface area contributed by atoms with E-state index in [9.17, 15) is 18.8 Å². The number of halogens is 1. The molecule has 2 aromatic carbocycles. The molecule has 3 aliphatic rings. The summed E-state index contributed by atoms with van der Waals surface area (Å²) in [6.07, 6.45) is 2.33. The zero-order chi connectivity index (χ0) is 26.5. The molecule has 3 heterocycles. The molecule has 11 heteroatoms. The highest BCUT2D eigenvalue weighted by Crippen LogP contribution is 2.34. The van der Waals surface area contributed by atoms with E-state index >= 15 is 0 Å². The smallest absolute Gasteiger partial charge is 0.259 e. The number of ether oxygens (including phenoxy) is 1. The lowest BCUT2D eigenvalue weighted by Crippen LogP contribution is -2.42. The van der Waals surface area contributed by atoms with E-state index in [0.29, 0.717) is 23.2 Å². The average Bonchev–Trinajstić information content (AvgIpc) is 3.57. The highest BCUT2D eigenvalue weighted by atomic mass is 32.2. The fraction of sp³-hybridized carbons (Fsp3) is 0.370. The number of benzene rings is 2. The van der Waals surface area contributed by atoms with Gasteiger partial charge in [-0.25, -0.2) is 14.3 Å². The van der Waals surface area contributed by atoms with Crippen LogP contribution in [0.3, 0.4) is 0 Å². The van der Waals surface area contributed by atoms with Crippen LogP contribution < -0.4 is 10.6 Å². The van der Waals surface area contributed by atoms with Crippen LogP contribution in [-0.2, 0) is 25.7 Å². The maximum atomic E-state index is 13.4. The van der Waals surface area contributed by atoms with Crippen molar-refractivity contribution in [2.45, 2.75) is 44.4 Å². The van der Waals surface area contributed by atoms with E-state index in [4.69, 9.17) is 4.74 Å². The molecule has 0 spiro atoms. The molecule has 2 aromatic rings. The van der Waals surface area contributed by atoms with Gasteiger partial charge in [0.25, 0.3) is 5.91 Å². The molecule has 3 aliphatic heterocycles. The van der Waals surface area contributed by atoms with E-state index in [-0.39, 0.29) is 54.8 Å². The van der Waals surface area contributed by atoms with Crippen LogP contribution in [0, 0.1) is 5.82 Å². The van der Waals surface area contributed by atoms with Gasteiger partial charge < -0.3 is 15.4 Å². The van der Waals surface area contributed by atoms with Crippen LogP contribution in [0.25, 0.3) is 0 Å². The molecule has 0 radical (unpaired) electrons. The number of rotatable bonds is 9. The second-order valence-electron chi connectivity index (χ2n) is 9.22. The number of nitrogens with zero attached hydrogens (tertiary/aromatic N) is 3. The summed E-state index contributed by atoms with van der Waals surface area (Å²) in [6.45, 7) is 1.46. The minimum atomic E-state index is -0.730. The first-order chi connectivity index (χ1) is 18.5. The summed E-state index contributed by atoms with van der Waals surface area (Å²) in [5, 5.41) is 6.07. The van der Waals surface area contributed by atoms with Gasteiger partial charge in [-0.1, -0.05) is 36.0 Å². The van der Waals surface area contributed by atoms with Crippen molar-refractivity contribution in [3.05, 3.63) is 65.5 Å². The van der Waals surface area contributed by atoms with Crippen molar-refractivity contribution in [2.24, 2.45) is 9.98 Å². The summed E-state index contributed by atoms with van der Waals surface area (Å²) in [6, 6.07) is 12.6. The number of nitrogens with one attached hydrogen (secondary N) is 2. The Bertz CT molecular complexity index is 1280. The van der Waals surface area contributed by atoms with Crippen LogP contribution in [0.15, 0.2) is 58.5 Å². The van der Waals surface area contributed by atoms with Gasteiger partial charge in [0.15, 0.2) is 5.17 Å². The molecule has 1 saturated heterocycles. The lowest BCUT2D eigenvalue weighted by atomic mass is 10.1. The number of carbonyl (C=O) groups is 3. The van der Waals surface area contributed by atoms with Crippen molar-refractivity contribution in [1.82, 2.24) is 15.5 Å². The van der Waals surface area contributed by atoms with Crippen LogP contribution in [0.1, 0.15) is 36.8 Å². The zero-order valence-corrected chi connectivity index (χ0v) is 21.5. The van der Waals surface area contributed by atoms with Crippen molar-refractivity contribution in [3.8, 4) is 0 Å². The van der Waals surface area contributed by atoms with Crippen LogP contribution in [0.4, 0.5) is 10.1 Å². The molecule has 9 nitrogen and oxygen atoms in total. The quantitative estimate of drug-likeness (QED) is 0.511. The van der Waals surface area contributed by atoms with Gasteiger partial charge in [-0.15, -0.1) is 0 Å². The highest BCUT2D eigenvalue weighted by Gasteiger charge is 2.41. The van der Waals surface area contributed by atoms with Crippen molar-refractivity contribution >= 4 is 46.2 Å². The topological polar surface area (TPSA) is 112 Å². The normalized spacial score (nSPS) is 19.9. The maximum absolute atomic E-state index is 13.4. The van der Waals surface area contributed by atoms with Gasteiger partial charge >= 0.3 is 0 Å². The van der Waals surface area contributed by atoms with Crippen LogP contribution in [0.5, 0.6) is 0 Å². The fourth-order valence-electron chi connectivity index (χ4n) is 4.46. The number of amides is 3. The Morgan fingerprint density at radius 2 is 1.92 bits per heavy atom. The Balaban J connectivity index is 1.20. The van der Waals surface area contributed by atoms with Crippen molar-refractivity contribution in [1.29, 1.82) is 0 Å². The van der Waals surface area contributed by atoms with E-state index < -0.39 is 6.04 Å². The number of hydrogen-bond donors (Lipinski definition) is 2. The Hall–Kier alpha value is -3.57. The fourth-order valence-corrected chi connectivity index (χ4v) is 5.29.